The maximum atomic E-state index is 12.9. The highest BCUT2D eigenvalue weighted by Gasteiger charge is 2.39. The zero-order valence-corrected chi connectivity index (χ0v) is 16.3. The highest BCUT2D eigenvalue weighted by atomic mass is 32.2. The van der Waals surface area contributed by atoms with Crippen LogP contribution >= 0.6 is 0 Å². The van der Waals surface area contributed by atoms with Gasteiger partial charge in [-0.25, -0.2) is 13.2 Å². The van der Waals surface area contributed by atoms with Crippen LogP contribution in [0.5, 0.6) is 0 Å². The molecule has 1 amide bonds. The van der Waals surface area contributed by atoms with Gasteiger partial charge in [-0.15, -0.1) is 0 Å². The van der Waals surface area contributed by atoms with Crippen molar-refractivity contribution in [2.45, 2.75) is 44.2 Å². The molecular weight excluding hydrogens is 368 g/mol. The Kier molecular flexibility index (Phi) is 6.04. The van der Waals surface area contributed by atoms with Crippen molar-refractivity contribution in [2.75, 3.05) is 30.5 Å². The molecule has 27 heavy (non-hydrogen) atoms. The first-order valence-corrected chi connectivity index (χ1v) is 11.2. The van der Waals surface area contributed by atoms with Crippen molar-refractivity contribution in [1.82, 2.24) is 4.90 Å². The lowest BCUT2D eigenvalue weighted by Gasteiger charge is -2.33. The summed E-state index contributed by atoms with van der Waals surface area (Å²) in [6, 6.07) is 6.65. The van der Waals surface area contributed by atoms with Crippen molar-refractivity contribution in [2.24, 2.45) is 0 Å². The molecule has 1 saturated carbocycles. The second-order valence-electron chi connectivity index (χ2n) is 7.17. The summed E-state index contributed by atoms with van der Waals surface area (Å²) < 4.78 is 29.0. The molecule has 1 saturated heterocycles. The van der Waals surface area contributed by atoms with Gasteiger partial charge in [0, 0.05) is 24.8 Å². The molecule has 3 rings (SSSR count). The van der Waals surface area contributed by atoms with Gasteiger partial charge in [-0.05, 0) is 31.4 Å². The Bertz CT molecular complexity index is 802. The number of hydrogen-bond donors (Lipinski definition) is 1. The van der Waals surface area contributed by atoms with Crippen molar-refractivity contribution >= 4 is 27.4 Å². The summed E-state index contributed by atoms with van der Waals surface area (Å²) in [7, 11) is -1.39. The van der Waals surface area contributed by atoms with E-state index in [0.717, 1.165) is 25.7 Å². The smallest absolute Gasteiger partial charge is 0.340 e. The van der Waals surface area contributed by atoms with E-state index in [4.69, 9.17) is 4.74 Å². The number of sulfone groups is 1. The van der Waals surface area contributed by atoms with Crippen LogP contribution < -0.4 is 5.32 Å². The molecule has 1 N–H and O–H groups in total. The molecule has 1 aliphatic heterocycles. The third-order valence-electron chi connectivity index (χ3n) is 5.35. The zero-order chi connectivity index (χ0) is 19.4. The summed E-state index contributed by atoms with van der Waals surface area (Å²) in [5.41, 5.74) is 0.994. The molecule has 1 atom stereocenters. The largest absolute Gasteiger partial charge is 0.452 e. The Morgan fingerprint density at radius 1 is 1.15 bits per heavy atom. The minimum absolute atomic E-state index is 0.00573. The molecule has 1 heterocycles. The van der Waals surface area contributed by atoms with Crippen LogP contribution in [-0.2, 0) is 19.4 Å². The average molecular weight is 394 g/mol. The standard InChI is InChI=1S/C19H26N2O5S/c1-20-17-9-5-4-8-16(17)19(23)26-12-18(22)21(14-6-2-3-7-14)15-10-11-27(24,25)13-15/h4-5,8-9,14-15,20H,2-3,6-7,10-13H2,1H3/t15-/m0/s1. The highest BCUT2D eigenvalue weighted by Crippen LogP contribution is 2.29. The lowest BCUT2D eigenvalue weighted by atomic mass is 10.1. The van der Waals surface area contributed by atoms with E-state index in [0.29, 0.717) is 17.7 Å². The number of anilines is 1. The molecule has 8 heteroatoms. The van der Waals surface area contributed by atoms with Gasteiger partial charge >= 0.3 is 5.97 Å². The summed E-state index contributed by atoms with van der Waals surface area (Å²) in [4.78, 5) is 26.9. The van der Waals surface area contributed by atoms with Gasteiger partial charge < -0.3 is 15.0 Å². The molecule has 1 aromatic carbocycles. The minimum Gasteiger partial charge on any atom is -0.452 e. The first-order chi connectivity index (χ1) is 12.9. The van der Waals surface area contributed by atoms with Gasteiger partial charge in [0.05, 0.1) is 17.1 Å². The zero-order valence-electron chi connectivity index (χ0n) is 15.5. The highest BCUT2D eigenvalue weighted by molar-refractivity contribution is 7.91. The lowest BCUT2D eigenvalue weighted by Crippen LogP contribution is -2.48. The van der Waals surface area contributed by atoms with Crippen molar-refractivity contribution in [3.63, 3.8) is 0 Å². The molecule has 0 unspecified atom stereocenters. The summed E-state index contributed by atoms with van der Waals surface area (Å²) in [6.45, 7) is -0.371. The van der Waals surface area contributed by atoms with Crippen LogP contribution in [0.2, 0.25) is 0 Å². The Hall–Kier alpha value is -2.09. The van der Waals surface area contributed by atoms with Crippen LogP contribution in [0.1, 0.15) is 42.5 Å². The van der Waals surface area contributed by atoms with Crippen molar-refractivity contribution in [1.29, 1.82) is 0 Å². The van der Waals surface area contributed by atoms with E-state index in [2.05, 4.69) is 5.32 Å². The molecule has 1 aromatic rings. The molecule has 1 aliphatic carbocycles. The Labute approximate surface area is 160 Å². The van der Waals surface area contributed by atoms with Crippen molar-refractivity contribution in [3.05, 3.63) is 29.8 Å². The van der Waals surface area contributed by atoms with Gasteiger partial charge in [0.25, 0.3) is 5.91 Å². The number of carbonyl (C=O) groups excluding carboxylic acids is 2. The van der Waals surface area contributed by atoms with E-state index in [1.54, 1.807) is 36.2 Å². The molecule has 148 valence electrons. The topological polar surface area (TPSA) is 92.8 Å². The third kappa shape index (κ3) is 4.61. The fourth-order valence-corrected chi connectivity index (χ4v) is 5.75. The van der Waals surface area contributed by atoms with E-state index >= 15 is 0 Å². The van der Waals surface area contributed by atoms with Crippen molar-refractivity contribution in [3.8, 4) is 0 Å². The maximum absolute atomic E-state index is 12.9. The number of hydrogen-bond acceptors (Lipinski definition) is 6. The van der Waals surface area contributed by atoms with Gasteiger partial charge in [-0.2, -0.15) is 0 Å². The number of carbonyl (C=O) groups is 2. The van der Waals surface area contributed by atoms with Crippen molar-refractivity contribution < 1.29 is 22.7 Å². The Morgan fingerprint density at radius 3 is 2.48 bits per heavy atom. The fourth-order valence-electron chi connectivity index (χ4n) is 4.04. The van der Waals surface area contributed by atoms with Crippen LogP contribution in [-0.4, -0.2) is 62.4 Å². The number of ether oxygens (including phenoxy) is 1. The van der Waals surface area contributed by atoms with Gasteiger partial charge in [-0.1, -0.05) is 25.0 Å². The number of benzene rings is 1. The Morgan fingerprint density at radius 2 is 1.85 bits per heavy atom. The Balaban J connectivity index is 1.68. The molecule has 0 aromatic heterocycles. The van der Waals surface area contributed by atoms with E-state index in [9.17, 15) is 18.0 Å². The molecule has 0 spiro atoms. The summed E-state index contributed by atoms with van der Waals surface area (Å²) in [5.74, 6) is -0.757. The molecule has 7 nitrogen and oxygen atoms in total. The normalized spacial score (nSPS) is 21.7. The molecule has 2 aliphatic rings. The monoisotopic (exact) mass is 394 g/mol. The first kappa shape index (κ1) is 19.7. The number of nitrogens with one attached hydrogen (secondary N) is 1. The number of nitrogens with zero attached hydrogens (tertiary/aromatic N) is 1. The summed E-state index contributed by atoms with van der Waals surface area (Å²) >= 11 is 0. The first-order valence-electron chi connectivity index (χ1n) is 9.37. The molecular formula is C19H26N2O5S. The van der Waals surface area contributed by atoms with E-state index in [1.165, 1.54) is 0 Å². The molecule has 2 fully saturated rings. The quantitative estimate of drug-likeness (QED) is 0.740. The maximum Gasteiger partial charge on any atom is 0.340 e. The van der Waals surface area contributed by atoms with Crippen LogP contribution in [0.25, 0.3) is 0 Å². The van der Waals surface area contributed by atoms with Crippen LogP contribution in [0, 0.1) is 0 Å². The van der Waals surface area contributed by atoms with Gasteiger partial charge in [0.1, 0.15) is 0 Å². The fraction of sp³-hybridized carbons (Fsp3) is 0.579. The predicted octanol–water partition coefficient (Wildman–Crippen LogP) is 1.84. The number of para-hydroxylation sites is 1. The third-order valence-corrected chi connectivity index (χ3v) is 7.10. The SMILES string of the molecule is CNc1ccccc1C(=O)OCC(=O)N(C1CCCC1)[C@H]1CCS(=O)(=O)C1. The lowest BCUT2D eigenvalue weighted by molar-refractivity contribution is -0.139. The number of amides is 1. The van der Waals surface area contributed by atoms with Gasteiger partial charge in [0.2, 0.25) is 0 Å². The van der Waals surface area contributed by atoms with Crippen LogP contribution in [0.15, 0.2) is 24.3 Å². The predicted molar refractivity (Wildman–Crippen MR) is 102 cm³/mol. The second kappa shape index (κ2) is 8.29. The van der Waals surface area contributed by atoms with Crippen LogP contribution in [0.3, 0.4) is 0 Å². The summed E-state index contributed by atoms with van der Waals surface area (Å²) in [6.07, 6.45) is 4.27. The van der Waals surface area contributed by atoms with E-state index in [-0.39, 0.29) is 36.1 Å². The summed E-state index contributed by atoms with van der Waals surface area (Å²) in [5, 5.41) is 2.92. The van der Waals surface area contributed by atoms with E-state index < -0.39 is 15.8 Å². The average Bonchev–Trinajstić information content (AvgIpc) is 3.30. The number of rotatable bonds is 6. The molecule has 0 bridgehead atoms. The molecule has 0 radical (unpaired) electrons. The number of esters is 1. The van der Waals surface area contributed by atoms with Gasteiger partial charge in [-0.3, -0.25) is 4.79 Å². The minimum atomic E-state index is -3.10. The second-order valence-corrected chi connectivity index (χ2v) is 9.40. The van der Waals surface area contributed by atoms with Crippen LogP contribution in [0.4, 0.5) is 5.69 Å². The van der Waals surface area contributed by atoms with E-state index in [1.807, 2.05) is 0 Å². The van der Waals surface area contributed by atoms with Gasteiger partial charge in [0.15, 0.2) is 16.4 Å².